The topological polar surface area (TPSA) is 9.23 Å². The highest BCUT2D eigenvalue weighted by Crippen LogP contribution is 2.28. The minimum Gasteiger partial charge on any atom is -0.442 e. The maximum absolute atomic E-state index is 9.40. The van der Waals surface area contributed by atoms with E-state index in [9.17, 15) is 4.12 Å². The van der Waals surface area contributed by atoms with Crippen molar-refractivity contribution >= 4 is 38.8 Å². The van der Waals surface area contributed by atoms with Gasteiger partial charge in [-0.05, 0) is 242 Å². The van der Waals surface area contributed by atoms with Crippen LogP contribution >= 0.6 is 0 Å². The molecule has 0 aliphatic rings. The minimum atomic E-state index is -1.88. The SMILES string of the molecule is CCCCc1ccc(CCCC)c([Si](O[Si](c2c(CCCC)ccc(CCCC)c2CCCC)c2c(CCCC)ccc(CCCC)c2CCCC)c2c(CCCC)ccc(CCCC)c2CCCC)c1CCCC. The Morgan fingerprint density at radius 2 is 0.360 bits per heavy atom. The number of rotatable bonds is 42. The lowest BCUT2D eigenvalue weighted by atomic mass is 9.93. The highest BCUT2D eigenvalue weighted by molar-refractivity contribution is 6.93. The molecule has 0 heterocycles. The number of unbranched alkanes of at least 4 members (excludes halogenated alkanes) is 12. The van der Waals surface area contributed by atoms with Crippen LogP contribution in [-0.4, -0.2) is 18.1 Å². The van der Waals surface area contributed by atoms with Gasteiger partial charge in [-0.25, -0.2) is 0 Å². The van der Waals surface area contributed by atoms with Crippen LogP contribution in [0, 0.1) is 0 Å². The summed E-state index contributed by atoms with van der Waals surface area (Å²) in [5, 5.41) is 6.84. The van der Waals surface area contributed by atoms with Gasteiger partial charge in [0.1, 0.15) is 0 Å². The number of benzene rings is 4. The molecule has 75 heavy (non-hydrogen) atoms. The molecule has 3 heteroatoms. The molecule has 0 fully saturated rings. The van der Waals surface area contributed by atoms with Crippen molar-refractivity contribution < 1.29 is 4.12 Å². The minimum absolute atomic E-state index is 1.15. The monoisotopic (exact) mass is 1050 g/mol. The molecule has 0 atom stereocenters. The number of hydrogen-bond acceptors (Lipinski definition) is 1. The Balaban J connectivity index is 2.51. The van der Waals surface area contributed by atoms with Crippen LogP contribution in [0.25, 0.3) is 0 Å². The Morgan fingerprint density at radius 3 is 0.533 bits per heavy atom. The third-order valence-electron chi connectivity index (χ3n) is 16.6. The first-order valence-corrected chi connectivity index (χ1v) is 35.6. The van der Waals surface area contributed by atoms with Gasteiger partial charge in [-0.15, -0.1) is 0 Å². The first-order chi connectivity index (χ1) is 36.8. The fraction of sp³-hybridized carbons (Fsp3) is 0.667. The summed E-state index contributed by atoms with van der Waals surface area (Å²) in [4.78, 5) is 0. The standard InChI is InChI=1S/C72H116OSi2/c1-13-25-37-57-49-53-61(41-29-17-5)69(65(57)45-33-21-9)74(70-62(42-30-18-6)54-50-58(38-26-14-2)66(70)46-34-22-10)73-75(71-63(43-31-19-7)55-51-59(39-27-15-3)67(71)47-35-23-11)72-64(44-32-20-8)56-52-60(40-28-16-4)68(72)48-36-24-12/h49-56H,13-48H2,1-12H3. The Labute approximate surface area is 469 Å². The lowest BCUT2D eigenvalue weighted by Crippen LogP contribution is -2.61. The summed E-state index contributed by atoms with van der Waals surface area (Å²) in [5.41, 5.74) is 19.9. The van der Waals surface area contributed by atoms with Crippen molar-refractivity contribution in [2.24, 2.45) is 0 Å². The quantitative estimate of drug-likeness (QED) is 0.0402. The molecule has 418 valence electrons. The largest absolute Gasteiger partial charge is 0.442 e. The van der Waals surface area contributed by atoms with E-state index in [0.717, 1.165) is 25.7 Å². The van der Waals surface area contributed by atoms with E-state index < -0.39 is 18.1 Å². The maximum Gasteiger partial charge on any atom is 0.273 e. The Hall–Kier alpha value is -2.73. The van der Waals surface area contributed by atoms with Gasteiger partial charge in [0.2, 0.25) is 0 Å². The van der Waals surface area contributed by atoms with Crippen LogP contribution in [0.5, 0.6) is 0 Å². The van der Waals surface area contributed by atoms with E-state index in [2.05, 4.69) is 132 Å². The van der Waals surface area contributed by atoms with Gasteiger partial charge in [-0.3, -0.25) is 0 Å². The lowest BCUT2D eigenvalue weighted by molar-refractivity contribution is 0.624. The molecule has 0 spiro atoms. The average Bonchev–Trinajstić information content (AvgIpc) is 3.43. The Kier molecular flexibility index (Phi) is 32.8. The summed E-state index contributed by atoms with van der Waals surface area (Å²) in [5.74, 6) is 0. The summed E-state index contributed by atoms with van der Waals surface area (Å²) < 4.78 is 9.40. The zero-order valence-corrected chi connectivity index (χ0v) is 53.5. The van der Waals surface area contributed by atoms with Crippen molar-refractivity contribution in [3.63, 3.8) is 0 Å². The molecule has 0 aliphatic heterocycles. The molecule has 4 aromatic rings. The van der Waals surface area contributed by atoms with Crippen LogP contribution in [0.15, 0.2) is 48.5 Å². The van der Waals surface area contributed by atoms with Gasteiger partial charge in [0.25, 0.3) is 18.1 Å². The van der Waals surface area contributed by atoms with Gasteiger partial charge in [0.05, 0.1) is 0 Å². The molecule has 0 amide bonds. The Morgan fingerprint density at radius 1 is 0.213 bits per heavy atom. The van der Waals surface area contributed by atoms with Crippen LogP contribution in [0.4, 0.5) is 0 Å². The van der Waals surface area contributed by atoms with Gasteiger partial charge in [-0.1, -0.05) is 209 Å². The molecule has 4 aromatic carbocycles. The smallest absolute Gasteiger partial charge is 0.273 e. The van der Waals surface area contributed by atoms with Gasteiger partial charge >= 0.3 is 0 Å². The maximum atomic E-state index is 9.40. The van der Waals surface area contributed by atoms with E-state index in [-0.39, 0.29) is 0 Å². The van der Waals surface area contributed by atoms with Gasteiger partial charge in [0.15, 0.2) is 0 Å². The van der Waals surface area contributed by atoms with Crippen molar-refractivity contribution in [2.45, 2.75) is 314 Å². The zero-order chi connectivity index (χ0) is 54.2. The lowest BCUT2D eigenvalue weighted by Gasteiger charge is -2.35. The van der Waals surface area contributed by atoms with E-state index in [4.69, 9.17) is 0 Å². The van der Waals surface area contributed by atoms with E-state index >= 15 is 0 Å². The molecule has 0 unspecified atom stereocenters. The zero-order valence-electron chi connectivity index (χ0n) is 51.5. The first-order valence-electron chi connectivity index (χ1n) is 32.8. The van der Waals surface area contributed by atoms with Crippen LogP contribution in [-0.2, 0) is 81.2 Å². The number of hydrogen-bond donors (Lipinski definition) is 0. The molecular weight excluding hydrogens is 937 g/mol. The molecule has 0 N–H and O–H groups in total. The van der Waals surface area contributed by atoms with Gasteiger partial charge in [0, 0.05) is 0 Å². The average molecular weight is 1050 g/mol. The first kappa shape index (κ1) is 64.8. The molecule has 2 radical (unpaired) electrons. The van der Waals surface area contributed by atoms with Crippen molar-refractivity contribution in [1.82, 2.24) is 0 Å². The Bertz CT molecular complexity index is 1880. The highest BCUT2D eigenvalue weighted by atomic mass is 28.4. The molecular formula is C72H116OSi2. The van der Waals surface area contributed by atoms with Crippen LogP contribution in [0.2, 0.25) is 0 Å². The van der Waals surface area contributed by atoms with E-state index in [1.54, 1.807) is 87.5 Å². The van der Waals surface area contributed by atoms with E-state index in [0.29, 0.717) is 0 Å². The molecule has 4 rings (SSSR count). The third-order valence-corrected chi connectivity index (χ3v) is 22.6. The number of aryl methyl sites for hydroxylation is 8. The summed E-state index contributed by atoms with van der Waals surface area (Å²) in [6.07, 6.45) is 43.5. The summed E-state index contributed by atoms with van der Waals surface area (Å²) in [6.45, 7) is 29.0. The van der Waals surface area contributed by atoms with Crippen LogP contribution in [0.1, 0.15) is 304 Å². The third kappa shape index (κ3) is 19.3. The molecule has 0 aliphatic carbocycles. The second kappa shape index (κ2) is 38.0. The highest BCUT2D eigenvalue weighted by Gasteiger charge is 2.39. The normalized spacial score (nSPS) is 11.8. The fourth-order valence-corrected chi connectivity index (χ4v) is 19.1. The van der Waals surface area contributed by atoms with E-state index in [1.807, 2.05) is 0 Å². The van der Waals surface area contributed by atoms with Crippen molar-refractivity contribution in [1.29, 1.82) is 0 Å². The van der Waals surface area contributed by atoms with Crippen LogP contribution < -0.4 is 20.7 Å². The van der Waals surface area contributed by atoms with E-state index in [1.165, 1.54) is 205 Å². The predicted molar refractivity (Wildman–Crippen MR) is 340 cm³/mol. The van der Waals surface area contributed by atoms with Crippen molar-refractivity contribution in [3.05, 3.63) is 115 Å². The summed E-state index contributed by atoms with van der Waals surface area (Å²) in [6, 6.07) is 21.2. The molecule has 0 saturated heterocycles. The van der Waals surface area contributed by atoms with Crippen molar-refractivity contribution in [2.75, 3.05) is 0 Å². The molecule has 0 bridgehead atoms. The van der Waals surface area contributed by atoms with Crippen LogP contribution in [0.3, 0.4) is 0 Å². The summed E-state index contributed by atoms with van der Waals surface area (Å²) in [7, 11) is -3.77. The molecule has 1 nitrogen and oxygen atoms in total. The molecule has 0 aromatic heterocycles. The van der Waals surface area contributed by atoms with Crippen molar-refractivity contribution in [3.8, 4) is 0 Å². The predicted octanol–water partition coefficient (Wildman–Crippen LogP) is 18.7. The second-order valence-corrected chi connectivity index (χ2v) is 27.1. The van der Waals surface area contributed by atoms with Gasteiger partial charge < -0.3 is 4.12 Å². The van der Waals surface area contributed by atoms with Gasteiger partial charge in [-0.2, -0.15) is 0 Å². The fourth-order valence-electron chi connectivity index (χ4n) is 11.9. The second-order valence-electron chi connectivity index (χ2n) is 23.0. The summed E-state index contributed by atoms with van der Waals surface area (Å²) >= 11 is 0. The molecule has 0 saturated carbocycles.